The van der Waals surface area contributed by atoms with Crippen LogP contribution in [0.3, 0.4) is 0 Å². The molecule has 0 aromatic heterocycles. The molecule has 2 amide bonds. The van der Waals surface area contributed by atoms with E-state index in [1.807, 2.05) is 48.5 Å². The summed E-state index contributed by atoms with van der Waals surface area (Å²) in [4.78, 5) is 29.0. The van der Waals surface area contributed by atoms with Crippen LogP contribution in [0.5, 0.6) is 0 Å². The van der Waals surface area contributed by atoms with Crippen molar-refractivity contribution in [2.45, 2.75) is 57.2 Å². The third-order valence-corrected chi connectivity index (χ3v) is 6.91. The number of rotatable bonds is 9. The van der Waals surface area contributed by atoms with Gasteiger partial charge < -0.3 is 10.2 Å². The SMILES string of the molecule is O=C(NC1CCCC1)C(Cc1ccccc1)N(Cc1ccc(F)cc1)C(=O)Cc1ccccc1Cl. The number of amides is 2. The molecule has 0 aliphatic heterocycles. The molecule has 0 radical (unpaired) electrons. The summed E-state index contributed by atoms with van der Waals surface area (Å²) in [6, 6.07) is 22.4. The third-order valence-electron chi connectivity index (χ3n) is 6.54. The minimum absolute atomic E-state index is 0.0723. The maximum Gasteiger partial charge on any atom is 0.243 e. The lowest BCUT2D eigenvalue weighted by Crippen LogP contribution is -2.52. The molecule has 1 atom stereocenters. The Balaban J connectivity index is 1.66. The second-order valence-electron chi connectivity index (χ2n) is 9.11. The van der Waals surface area contributed by atoms with Crippen molar-refractivity contribution in [2.24, 2.45) is 0 Å². The fraction of sp³-hybridized carbons (Fsp3) is 0.310. The van der Waals surface area contributed by atoms with Crippen molar-refractivity contribution < 1.29 is 14.0 Å². The second-order valence-corrected chi connectivity index (χ2v) is 9.52. The molecule has 6 heteroatoms. The van der Waals surface area contributed by atoms with Crippen molar-refractivity contribution in [3.8, 4) is 0 Å². The lowest BCUT2D eigenvalue weighted by molar-refractivity contribution is -0.141. The van der Waals surface area contributed by atoms with E-state index in [-0.39, 0.29) is 36.6 Å². The Hall–Kier alpha value is -3.18. The van der Waals surface area contributed by atoms with Gasteiger partial charge in [-0.15, -0.1) is 0 Å². The number of benzene rings is 3. The molecule has 1 aliphatic rings. The van der Waals surface area contributed by atoms with Crippen LogP contribution in [0, 0.1) is 5.82 Å². The van der Waals surface area contributed by atoms with Gasteiger partial charge in [0.25, 0.3) is 0 Å². The minimum atomic E-state index is -0.710. The number of hydrogen-bond acceptors (Lipinski definition) is 2. The van der Waals surface area contributed by atoms with Gasteiger partial charge in [0.1, 0.15) is 11.9 Å². The van der Waals surface area contributed by atoms with Crippen LogP contribution in [-0.4, -0.2) is 28.8 Å². The van der Waals surface area contributed by atoms with Gasteiger partial charge in [-0.3, -0.25) is 9.59 Å². The molecule has 4 nitrogen and oxygen atoms in total. The Morgan fingerprint density at radius 3 is 2.26 bits per heavy atom. The molecule has 1 fully saturated rings. The van der Waals surface area contributed by atoms with E-state index in [1.54, 1.807) is 23.1 Å². The molecule has 0 saturated heterocycles. The monoisotopic (exact) mass is 492 g/mol. The number of hydrogen-bond donors (Lipinski definition) is 1. The molecule has 3 aromatic carbocycles. The Bertz CT molecular complexity index is 1130. The van der Waals surface area contributed by atoms with Gasteiger partial charge in [0.05, 0.1) is 6.42 Å². The molecular weight excluding hydrogens is 463 g/mol. The number of nitrogens with one attached hydrogen (secondary N) is 1. The zero-order valence-corrected chi connectivity index (χ0v) is 20.4. The van der Waals surface area contributed by atoms with E-state index in [4.69, 9.17) is 11.6 Å². The summed E-state index contributed by atoms with van der Waals surface area (Å²) in [6.07, 6.45) is 4.56. The number of carbonyl (C=O) groups is 2. The molecule has 1 aliphatic carbocycles. The molecule has 182 valence electrons. The maximum atomic E-state index is 13.7. The van der Waals surface area contributed by atoms with Crippen LogP contribution in [0.2, 0.25) is 5.02 Å². The van der Waals surface area contributed by atoms with E-state index < -0.39 is 6.04 Å². The van der Waals surface area contributed by atoms with E-state index in [1.165, 1.54) is 12.1 Å². The lowest BCUT2D eigenvalue weighted by Gasteiger charge is -2.32. The summed E-state index contributed by atoms with van der Waals surface area (Å²) in [7, 11) is 0. The van der Waals surface area contributed by atoms with Gasteiger partial charge in [-0.1, -0.05) is 85.1 Å². The summed E-state index contributed by atoms with van der Waals surface area (Å²) < 4.78 is 13.6. The number of halogens is 2. The van der Waals surface area contributed by atoms with E-state index in [0.29, 0.717) is 17.0 Å². The van der Waals surface area contributed by atoms with Gasteiger partial charge in [-0.2, -0.15) is 0 Å². The molecule has 35 heavy (non-hydrogen) atoms. The van der Waals surface area contributed by atoms with Crippen LogP contribution in [0.4, 0.5) is 4.39 Å². The molecule has 3 aromatic rings. The summed E-state index contributed by atoms with van der Waals surface area (Å²) >= 11 is 6.34. The molecule has 0 bridgehead atoms. The van der Waals surface area contributed by atoms with E-state index in [0.717, 1.165) is 36.8 Å². The largest absolute Gasteiger partial charge is 0.352 e. The van der Waals surface area contributed by atoms with Crippen molar-refractivity contribution in [1.29, 1.82) is 0 Å². The van der Waals surface area contributed by atoms with Gasteiger partial charge in [0.15, 0.2) is 0 Å². The Kier molecular flexibility index (Phi) is 8.54. The van der Waals surface area contributed by atoms with E-state index in [2.05, 4.69) is 5.32 Å². The van der Waals surface area contributed by atoms with Crippen molar-refractivity contribution in [3.05, 3.63) is 106 Å². The first-order valence-corrected chi connectivity index (χ1v) is 12.5. The predicted molar refractivity (Wildman–Crippen MR) is 136 cm³/mol. The summed E-state index contributed by atoms with van der Waals surface area (Å²) in [5.74, 6) is -0.706. The maximum absolute atomic E-state index is 13.7. The van der Waals surface area contributed by atoms with Crippen LogP contribution in [0.1, 0.15) is 42.4 Å². The third kappa shape index (κ3) is 6.92. The standard InChI is InChI=1S/C29H30ClFN2O2/c30-26-13-7-4-10-23(26)19-28(34)33(20-22-14-16-24(31)17-15-22)27(18-21-8-2-1-3-9-21)29(35)32-25-11-5-6-12-25/h1-4,7-10,13-17,25,27H,5-6,11-12,18-20H2,(H,32,35). The Morgan fingerprint density at radius 2 is 1.57 bits per heavy atom. The zero-order valence-electron chi connectivity index (χ0n) is 19.6. The average molecular weight is 493 g/mol. The van der Waals surface area contributed by atoms with Crippen LogP contribution >= 0.6 is 11.6 Å². The molecule has 1 N–H and O–H groups in total. The zero-order chi connectivity index (χ0) is 24.6. The minimum Gasteiger partial charge on any atom is -0.352 e. The van der Waals surface area contributed by atoms with Gasteiger partial charge in [0.2, 0.25) is 11.8 Å². The summed E-state index contributed by atoms with van der Waals surface area (Å²) in [5.41, 5.74) is 2.43. The number of nitrogens with zero attached hydrogens (tertiary/aromatic N) is 1. The summed E-state index contributed by atoms with van der Waals surface area (Å²) in [5, 5.41) is 3.70. The quantitative estimate of drug-likeness (QED) is 0.415. The molecule has 4 rings (SSSR count). The molecule has 0 spiro atoms. The van der Waals surface area contributed by atoms with Gasteiger partial charge >= 0.3 is 0 Å². The Morgan fingerprint density at radius 1 is 0.914 bits per heavy atom. The van der Waals surface area contributed by atoms with Gasteiger partial charge in [-0.25, -0.2) is 4.39 Å². The van der Waals surface area contributed by atoms with Crippen LogP contribution < -0.4 is 5.32 Å². The van der Waals surface area contributed by atoms with E-state index >= 15 is 0 Å². The average Bonchev–Trinajstić information content (AvgIpc) is 3.37. The Labute approximate surface area is 211 Å². The predicted octanol–water partition coefficient (Wildman–Crippen LogP) is 5.72. The van der Waals surface area contributed by atoms with Crippen LogP contribution in [-0.2, 0) is 29.0 Å². The van der Waals surface area contributed by atoms with Gasteiger partial charge in [-0.05, 0) is 47.7 Å². The highest BCUT2D eigenvalue weighted by Crippen LogP contribution is 2.22. The fourth-order valence-electron chi connectivity index (χ4n) is 4.61. The van der Waals surface area contributed by atoms with Crippen LogP contribution in [0.15, 0.2) is 78.9 Å². The highest BCUT2D eigenvalue weighted by atomic mass is 35.5. The van der Waals surface area contributed by atoms with Crippen molar-refractivity contribution in [3.63, 3.8) is 0 Å². The van der Waals surface area contributed by atoms with Crippen LogP contribution in [0.25, 0.3) is 0 Å². The second kappa shape index (κ2) is 12.0. The van der Waals surface area contributed by atoms with E-state index in [9.17, 15) is 14.0 Å². The lowest BCUT2D eigenvalue weighted by atomic mass is 10.0. The normalized spacial score (nSPS) is 14.5. The van der Waals surface area contributed by atoms with Crippen molar-refractivity contribution >= 4 is 23.4 Å². The smallest absolute Gasteiger partial charge is 0.243 e. The molecular formula is C29H30ClFN2O2. The fourth-order valence-corrected chi connectivity index (χ4v) is 4.82. The molecule has 1 unspecified atom stereocenters. The van der Waals surface area contributed by atoms with Gasteiger partial charge in [0, 0.05) is 24.0 Å². The highest BCUT2D eigenvalue weighted by molar-refractivity contribution is 6.31. The van der Waals surface area contributed by atoms with Crippen molar-refractivity contribution in [2.75, 3.05) is 0 Å². The first kappa shape index (κ1) is 24.9. The van der Waals surface area contributed by atoms with Crippen molar-refractivity contribution in [1.82, 2.24) is 10.2 Å². The number of carbonyl (C=O) groups excluding carboxylic acids is 2. The topological polar surface area (TPSA) is 49.4 Å². The first-order valence-electron chi connectivity index (χ1n) is 12.1. The molecule has 1 saturated carbocycles. The summed E-state index contributed by atoms with van der Waals surface area (Å²) in [6.45, 7) is 0.194. The molecule has 0 heterocycles. The first-order chi connectivity index (χ1) is 17.0. The highest BCUT2D eigenvalue weighted by Gasteiger charge is 2.32.